The Bertz CT molecular complexity index is 3420. The number of hydrogen-bond donors (Lipinski definition) is 0. The highest BCUT2D eigenvalue weighted by atomic mass is 15.0. The molecule has 0 unspecified atom stereocenters. The second-order valence-corrected chi connectivity index (χ2v) is 13.9. The Balaban J connectivity index is 1.09. The fourth-order valence-corrected chi connectivity index (χ4v) is 8.76. The first-order valence-electron chi connectivity index (χ1n) is 18.3. The van der Waals surface area contributed by atoms with Gasteiger partial charge in [0.2, 0.25) is 0 Å². The summed E-state index contributed by atoms with van der Waals surface area (Å²) in [6.45, 7) is 16.2. The van der Waals surface area contributed by atoms with Crippen molar-refractivity contribution >= 4 is 76.8 Å². The SMILES string of the molecule is [C-]#[N+]c1cc(-n2c3ccccc3c3ccc(-n4c5ccccc5c5ccccc54)cc32)ccc1-c1cccc(-n2c3ccccc3c3c([N+]#[C-])cccc32)c1. The van der Waals surface area contributed by atoms with Crippen molar-refractivity contribution in [2.45, 2.75) is 0 Å². The van der Waals surface area contributed by atoms with Crippen molar-refractivity contribution in [2.75, 3.05) is 0 Å². The number of hydrogen-bond acceptors (Lipinski definition) is 0. The van der Waals surface area contributed by atoms with E-state index in [4.69, 9.17) is 13.1 Å². The smallest absolute Gasteiger partial charge is 0.197 e. The number of para-hydroxylation sites is 4. The van der Waals surface area contributed by atoms with Crippen LogP contribution in [0.3, 0.4) is 0 Å². The molecule has 0 saturated heterocycles. The van der Waals surface area contributed by atoms with E-state index < -0.39 is 0 Å². The molecule has 0 aliphatic carbocycles. The molecule has 254 valence electrons. The highest BCUT2D eigenvalue weighted by molar-refractivity contribution is 6.15. The van der Waals surface area contributed by atoms with E-state index in [0.29, 0.717) is 11.4 Å². The molecule has 0 radical (unpaired) electrons. The highest BCUT2D eigenvalue weighted by Crippen LogP contribution is 2.41. The second-order valence-electron chi connectivity index (χ2n) is 13.9. The summed E-state index contributed by atoms with van der Waals surface area (Å²) in [7, 11) is 0. The molecule has 0 saturated carbocycles. The number of fused-ring (bicyclic) bond motifs is 9. The van der Waals surface area contributed by atoms with Crippen LogP contribution in [0.5, 0.6) is 0 Å². The molecule has 0 spiro atoms. The van der Waals surface area contributed by atoms with Gasteiger partial charge in [-0.3, -0.25) is 0 Å². The van der Waals surface area contributed by atoms with Crippen LogP contribution in [0.15, 0.2) is 176 Å². The van der Waals surface area contributed by atoms with Gasteiger partial charge in [-0.25, -0.2) is 9.69 Å². The van der Waals surface area contributed by atoms with Crippen LogP contribution in [0.2, 0.25) is 0 Å². The zero-order valence-electron chi connectivity index (χ0n) is 29.5. The highest BCUT2D eigenvalue weighted by Gasteiger charge is 2.19. The minimum atomic E-state index is 0.580. The molecular formula is C50H29N5. The van der Waals surface area contributed by atoms with Crippen molar-refractivity contribution in [1.82, 2.24) is 13.7 Å². The number of rotatable bonds is 4. The summed E-state index contributed by atoms with van der Waals surface area (Å²) in [6, 6.07) is 61.2. The number of nitrogens with zero attached hydrogens (tertiary/aromatic N) is 5. The lowest BCUT2D eigenvalue weighted by Gasteiger charge is -2.14. The molecule has 11 rings (SSSR count). The Labute approximate surface area is 316 Å². The van der Waals surface area contributed by atoms with E-state index in [9.17, 15) is 0 Å². The van der Waals surface area contributed by atoms with Gasteiger partial charge in [-0.2, -0.15) is 0 Å². The Morgan fingerprint density at radius 3 is 1.45 bits per heavy atom. The quantitative estimate of drug-likeness (QED) is 0.163. The fourth-order valence-electron chi connectivity index (χ4n) is 8.76. The molecule has 0 fully saturated rings. The van der Waals surface area contributed by atoms with Crippen LogP contribution in [0.4, 0.5) is 11.4 Å². The maximum Gasteiger partial charge on any atom is 0.197 e. The molecule has 0 bridgehead atoms. The first-order valence-corrected chi connectivity index (χ1v) is 18.3. The van der Waals surface area contributed by atoms with E-state index in [1.54, 1.807) is 0 Å². The van der Waals surface area contributed by atoms with E-state index in [1.807, 2.05) is 30.3 Å². The molecule has 0 N–H and O–H groups in total. The van der Waals surface area contributed by atoms with E-state index in [-0.39, 0.29) is 0 Å². The lowest BCUT2D eigenvalue weighted by atomic mass is 10.0. The second kappa shape index (κ2) is 11.8. The van der Waals surface area contributed by atoms with Crippen molar-refractivity contribution in [2.24, 2.45) is 0 Å². The third kappa shape index (κ3) is 4.45. The maximum absolute atomic E-state index is 8.40. The van der Waals surface area contributed by atoms with Gasteiger partial charge in [0.1, 0.15) is 0 Å². The summed E-state index contributed by atoms with van der Waals surface area (Å²) in [5, 5.41) is 6.79. The van der Waals surface area contributed by atoms with Crippen LogP contribution in [-0.2, 0) is 0 Å². The maximum atomic E-state index is 8.40. The van der Waals surface area contributed by atoms with Crippen molar-refractivity contribution in [3.8, 4) is 28.2 Å². The van der Waals surface area contributed by atoms with Crippen molar-refractivity contribution in [3.63, 3.8) is 0 Å². The van der Waals surface area contributed by atoms with Gasteiger partial charge in [0, 0.05) is 49.5 Å². The minimum Gasteiger partial charge on any atom is -0.311 e. The molecule has 0 amide bonds. The van der Waals surface area contributed by atoms with Crippen molar-refractivity contribution in [1.29, 1.82) is 0 Å². The lowest BCUT2D eigenvalue weighted by molar-refractivity contribution is 1.16. The van der Waals surface area contributed by atoms with Gasteiger partial charge in [-0.05, 0) is 83.2 Å². The van der Waals surface area contributed by atoms with Gasteiger partial charge < -0.3 is 13.7 Å². The van der Waals surface area contributed by atoms with Crippen LogP contribution in [0, 0.1) is 13.1 Å². The Hall–Kier alpha value is -7.86. The number of benzene rings is 8. The summed E-state index contributed by atoms with van der Waals surface area (Å²) in [6.07, 6.45) is 0. The number of aromatic nitrogens is 3. The summed E-state index contributed by atoms with van der Waals surface area (Å²) >= 11 is 0. The lowest BCUT2D eigenvalue weighted by Crippen LogP contribution is -1.97. The molecule has 3 heterocycles. The Morgan fingerprint density at radius 2 is 0.800 bits per heavy atom. The summed E-state index contributed by atoms with van der Waals surface area (Å²) in [5.41, 5.74) is 12.6. The predicted octanol–water partition coefficient (Wildman–Crippen LogP) is 13.7. The van der Waals surface area contributed by atoms with E-state index >= 15 is 0 Å². The van der Waals surface area contributed by atoms with Gasteiger partial charge in [0.15, 0.2) is 11.4 Å². The van der Waals surface area contributed by atoms with Crippen LogP contribution in [0.25, 0.3) is 103 Å². The molecule has 3 aromatic heterocycles. The average Bonchev–Trinajstić information content (AvgIpc) is 3.89. The molecule has 5 nitrogen and oxygen atoms in total. The molecule has 5 heteroatoms. The normalized spacial score (nSPS) is 11.6. The van der Waals surface area contributed by atoms with E-state index in [1.165, 1.54) is 27.2 Å². The minimum absolute atomic E-state index is 0.580. The third-order valence-electron chi connectivity index (χ3n) is 11.1. The molecule has 0 aliphatic rings. The average molecular weight is 700 g/mol. The van der Waals surface area contributed by atoms with Crippen LogP contribution in [-0.4, -0.2) is 13.7 Å². The van der Waals surface area contributed by atoms with Crippen molar-refractivity contribution < 1.29 is 0 Å². The Morgan fingerprint density at radius 1 is 0.327 bits per heavy atom. The van der Waals surface area contributed by atoms with E-state index in [0.717, 1.165) is 66.4 Å². The predicted molar refractivity (Wildman–Crippen MR) is 227 cm³/mol. The molecule has 55 heavy (non-hydrogen) atoms. The zero-order valence-corrected chi connectivity index (χ0v) is 29.5. The first-order chi connectivity index (χ1) is 27.2. The molecule has 0 aliphatic heterocycles. The van der Waals surface area contributed by atoms with Crippen LogP contribution >= 0.6 is 0 Å². The first kappa shape index (κ1) is 30.7. The molecule has 11 aromatic rings. The largest absolute Gasteiger partial charge is 0.311 e. The van der Waals surface area contributed by atoms with Gasteiger partial charge in [-0.15, -0.1) is 0 Å². The summed E-state index contributed by atoms with van der Waals surface area (Å²) < 4.78 is 6.87. The van der Waals surface area contributed by atoms with Crippen LogP contribution < -0.4 is 0 Å². The van der Waals surface area contributed by atoms with Gasteiger partial charge in [0.05, 0.1) is 40.7 Å². The van der Waals surface area contributed by atoms with Gasteiger partial charge in [-0.1, -0.05) is 109 Å². The molecular weight excluding hydrogens is 671 g/mol. The molecule has 0 atom stereocenters. The van der Waals surface area contributed by atoms with E-state index in [2.05, 4.69) is 169 Å². The van der Waals surface area contributed by atoms with Crippen LogP contribution in [0.1, 0.15) is 0 Å². The fraction of sp³-hybridized carbons (Fsp3) is 0. The monoisotopic (exact) mass is 699 g/mol. The summed E-state index contributed by atoms with van der Waals surface area (Å²) in [5.74, 6) is 0. The third-order valence-corrected chi connectivity index (χ3v) is 11.1. The molecule has 8 aromatic carbocycles. The van der Waals surface area contributed by atoms with Gasteiger partial charge >= 0.3 is 0 Å². The Kier molecular flexibility index (Phi) is 6.61. The zero-order chi connectivity index (χ0) is 36.6. The summed E-state index contributed by atoms with van der Waals surface area (Å²) in [4.78, 5) is 7.96. The topological polar surface area (TPSA) is 23.5 Å². The van der Waals surface area contributed by atoms with Gasteiger partial charge in [0.25, 0.3) is 0 Å². The van der Waals surface area contributed by atoms with Crippen molar-refractivity contribution in [3.05, 3.63) is 199 Å². The standard InChI is InChI=1S/C50H29N5/c1-51-42-19-12-24-48-50(42)41-18-6-10-23-47(41)54(48)33-14-11-13-32(29-33)36-27-25-34(30-43(36)52-2)55-46-22-9-5-17-39(46)40-28-26-35(31-49(40)55)53-44-20-7-3-15-37(44)38-16-4-8-21-45(38)53/h3-31H.